The molecule has 1 aromatic carbocycles. The molecule has 0 radical (unpaired) electrons. The van der Waals surface area contributed by atoms with Gasteiger partial charge in [-0.15, -0.1) is 0 Å². The first-order chi connectivity index (χ1) is 11.0. The molecule has 1 saturated heterocycles. The van der Waals surface area contributed by atoms with Crippen molar-refractivity contribution in [2.75, 3.05) is 34.5 Å². The van der Waals surface area contributed by atoms with Crippen LogP contribution in [0, 0.1) is 0 Å². The van der Waals surface area contributed by atoms with Crippen molar-refractivity contribution >= 4 is 11.9 Å². The lowest BCUT2D eigenvalue weighted by atomic mass is 9.98. The molecule has 1 atom stereocenters. The Balaban J connectivity index is 2.34. The largest absolute Gasteiger partial charge is 0.493 e. The maximum atomic E-state index is 12.5. The summed E-state index contributed by atoms with van der Waals surface area (Å²) in [6.07, 6.45) is 0.207. The molecule has 1 fully saturated rings. The van der Waals surface area contributed by atoms with E-state index in [1.807, 2.05) is 0 Å². The number of benzene rings is 1. The number of hydrogen-bond donors (Lipinski definition) is 2. The third kappa shape index (κ3) is 3.16. The average molecular weight is 325 g/mol. The molecule has 8 heteroatoms. The average Bonchev–Trinajstić information content (AvgIpc) is 3.03. The van der Waals surface area contributed by atoms with E-state index >= 15 is 0 Å². The molecule has 0 saturated carbocycles. The molecule has 0 aliphatic carbocycles. The number of rotatable bonds is 6. The summed E-state index contributed by atoms with van der Waals surface area (Å²) in [5.41, 5.74) is -1.22. The van der Waals surface area contributed by atoms with Crippen LogP contribution < -0.4 is 19.5 Å². The topological polar surface area (TPSA) is 103 Å². The van der Waals surface area contributed by atoms with Crippen molar-refractivity contribution in [3.8, 4) is 17.2 Å². The Morgan fingerprint density at radius 1 is 1.17 bits per heavy atom. The molecule has 23 heavy (non-hydrogen) atoms. The van der Waals surface area contributed by atoms with Crippen LogP contribution in [-0.4, -0.2) is 57.1 Å². The molecule has 0 spiro atoms. The fourth-order valence-electron chi connectivity index (χ4n) is 2.39. The second-order valence-corrected chi connectivity index (χ2v) is 5.06. The van der Waals surface area contributed by atoms with Crippen LogP contribution in [0.3, 0.4) is 0 Å². The number of aliphatic carboxylic acids is 1. The number of carboxylic acids is 1. The van der Waals surface area contributed by atoms with Gasteiger partial charge in [0.2, 0.25) is 5.75 Å². The first kappa shape index (κ1) is 16.9. The SMILES string of the molecule is COc1cc(C(=O)NC2(C(=O)O)CCOC2)cc(OC)c1OC. The van der Waals surface area contributed by atoms with Gasteiger partial charge in [-0.2, -0.15) is 0 Å². The smallest absolute Gasteiger partial charge is 0.331 e. The van der Waals surface area contributed by atoms with Crippen LogP contribution in [0.4, 0.5) is 0 Å². The lowest BCUT2D eigenvalue weighted by Crippen LogP contribution is -2.55. The van der Waals surface area contributed by atoms with Crippen molar-refractivity contribution in [1.29, 1.82) is 0 Å². The third-order valence-electron chi connectivity index (χ3n) is 3.71. The number of carbonyl (C=O) groups is 2. The normalized spacial score (nSPS) is 20.0. The summed E-state index contributed by atoms with van der Waals surface area (Å²) in [7, 11) is 4.32. The van der Waals surface area contributed by atoms with Crippen LogP contribution in [0.25, 0.3) is 0 Å². The standard InChI is InChI=1S/C15H19NO7/c1-20-10-6-9(7-11(21-2)12(10)22-3)13(17)16-15(14(18)19)4-5-23-8-15/h6-7H,4-5,8H2,1-3H3,(H,16,17)(H,18,19). The zero-order valence-electron chi connectivity index (χ0n) is 13.2. The summed E-state index contributed by atoms with van der Waals surface area (Å²) >= 11 is 0. The predicted octanol–water partition coefficient (Wildman–Crippen LogP) is 0.686. The fourth-order valence-corrected chi connectivity index (χ4v) is 2.39. The van der Waals surface area contributed by atoms with E-state index in [0.29, 0.717) is 17.2 Å². The van der Waals surface area contributed by atoms with Gasteiger partial charge < -0.3 is 29.4 Å². The highest BCUT2D eigenvalue weighted by atomic mass is 16.5. The highest BCUT2D eigenvalue weighted by Crippen LogP contribution is 2.38. The Morgan fingerprint density at radius 2 is 1.78 bits per heavy atom. The molecule has 0 aromatic heterocycles. The van der Waals surface area contributed by atoms with E-state index in [0.717, 1.165) is 0 Å². The van der Waals surface area contributed by atoms with Crippen molar-refractivity contribution in [1.82, 2.24) is 5.32 Å². The van der Waals surface area contributed by atoms with Crippen LogP contribution >= 0.6 is 0 Å². The maximum Gasteiger partial charge on any atom is 0.331 e. The lowest BCUT2D eigenvalue weighted by Gasteiger charge is -2.24. The van der Waals surface area contributed by atoms with E-state index in [9.17, 15) is 14.7 Å². The van der Waals surface area contributed by atoms with E-state index in [1.165, 1.54) is 33.5 Å². The van der Waals surface area contributed by atoms with Gasteiger partial charge in [-0.3, -0.25) is 4.79 Å². The summed E-state index contributed by atoms with van der Waals surface area (Å²) in [4.78, 5) is 23.9. The van der Waals surface area contributed by atoms with E-state index in [1.54, 1.807) is 0 Å². The van der Waals surface area contributed by atoms with Gasteiger partial charge in [0.1, 0.15) is 0 Å². The first-order valence-electron chi connectivity index (χ1n) is 6.91. The van der Waals surface area contributed by atoms with Crippen molar-refractivity contribution < 1.29 is 33.6 Å². The van der Waals surface area contributed by atoms with Gasteiger partial charge in [-0.25, -0.2) is 4.79 Å². The van der Waals surface area contributed by atoms with Gasteiger partial charge in [-0.1, -0.05) is 0 Å². The van der Waals surface area contributed by atoms with Crippen LogP contribution in [0.2, 0.25) is 0 Å². The molecule has 0 bridgehead atoms. The number of ether oxygens (including phenoxy) is 4. The molecule has 2 N–H and O–H groups in total. The maximum absolute atomic E-state index is 12.5. The van der Waals surface area contributed by atoms with Crippen LogP contribution in [0.5, 0.6) is 17.2 Å². The number of carbonyl (C=O) groups excluding carboxylic acids is 1. The molecule has 1 amide bonds. The van der Waals surface area contributed by atoms with E-state index in [2.05, 4.69) is 5.32 Å². The number of nitrogens with one attached hydrogen (secondary N) is 1. The quantitative estimate of drug-likeness (QED) is 0.793. The van der Waals surface area contributed by atoms with Crippen molar-refractivity contribution in [2.45, 2.75) is 12.0 Å². The molecular formula is C15H19NO7. The van der Waals surface area contributed by atoms with Gasteiger partial charge in [0.15, 0.2) is 17.0 Å². The Kier molecular flexibility index (Phi) is 4.95. The zero-order chi connectivity index (χ0) is 17.0. The molecule has 126 valence electrons. The first-order valence-corrected chi connectivity index (χ1v) is 6.91. The van der Waals surface area contributed by atoms with Gasteiger partial charge in [-0.05, 0) is 12.1 Å². The molecule has 1 aromatic rings. The minimum Gasteiger partial charge on any atom is -0.493 e. The molecule has 1 heterocycles. The van der Waals surface area contributed by atoms with Crippen molar-refractivity contribution in [3.63, 3.8) is 0 Å². The zero-order valence-corrected chi connectivity index (χ0v) is 13.2. The van der Waals surface area contributed by atoms with Gasteiger partial charge in [0, 0.05) is 18.6 Å². The molecule has 8 nitrogen and oxygen atoms in total. The van der Waals surface area contributed by atoms with E-state index in [4.69, 9.17) is 18.9 Å². The van der Waals surface area contributed by atoms with E-state index < -0.39 is 17.4 Å². The highest BCUT2D eigenvalue weighted by Gasteiger charge is 2.44. The summed E-state index contributed by atoms with van der Waals surface area (Å²) < 4.78 is 20.7. The van der Waals surface area contributed by atoms with Gasteiger partial charge >= 0.3 is 5.97 Å². The van der Waals surface area contributed by atoms with Gasteiger partial charge in [0.05, 0.1) is 27.9 Å². The summed E-state index contributed by atoms with van der Waals surface area (Å²) in [6, 6.07) is 2.92. The second kappa shape index (κ2) is 6.74. The highest BCUT2D eigenvalue weighted by molar-refractivity contribution is 5.99. The minimum absolute atomic E-state index is 0.0709. The Morgan fingerprint density at radius 3 is 2.17 bits per heavy atom. The van der Waals surface area contributed by atoms with Crippen molar-refractivity contribution in [3.05, 3.63) is 17.7 Å². The number of hydrogen-bond acceptors (Lipinski definition) is 6. The number of carboxylic acid groups (broad SMARTS) is 1. The van der Waals surface area contributed by atoms with Crippen molar-refractivity contribution in [2.24, 2.45) is 0 Å². The van der Waals surface area contributed by atoms with Crippen LogP contribution in [0.1, 0.15) is 16.8 Å². The minimum atomic E-state index is -1.42. The molecule has 1 aliphatic heterocycles. The lowest BCUT2D eigenvalue weighted by molar-refractivity contribution is -0.144. The third-order valence-corrected chi connectivity index (χ3v) is 3.71. The Labute approximate surface area is 133 Å². The summed E-state index contributed by atoms with van der Waals surface area (Å²) in [5, 5.41) is 11.9. The number of amides is 1. The van der Waals surface area contributed by atoms with Crippen LogP contribution in [-0.2, 0) is 9.53 Å². The monoisotopic (exact) mass is 325 g/mol. The predicted molar refractivity (Wildman–Crippen MR) is 79.4 cm³/mol. The molecular weight excluding hydrogens is 306 g/mol. The summed E-state index contributed by atoms with van der Waals surface area (Å²) in [6.45, 7) is 0.209. The van der Waals surface area contributed by atoms with Crippen LogP contribution in [0.15, 0.2) is 12.1 Å². The second-order valence-electron chi connectivity index (χ2n) is 5.06. The van der Waals surface area contributed by atoms with E-state index in [-0.39, 0.29) is 25.2 Å². The number of methoxy groups -OCH3 is 3. The Hall–Kier alpha value is -2.48. The molecule has 1 aliphatic rings. The summed E-state index contributed by atoms with van der Waals surface area (Å²) in [5.74, 6) is -0.718. The van der Waals surface area contributed by atoms with Gasteiger partial charge in [0.25, 0.3) is 5.91 Å². The Bertz CT molecular complexity index is 583. The molecule has 2 rings (SSSR count). The fraction of sp³-hybridized carbons (Fsp3) is 0.467. The molecule has 1 unspecified atom stereocenters.